The van der Waals surface area contributed by atoms with Crippen molar-refractivity contribution < 1.29 is 38.1 Å². The molecule has 0 bridgehead atoms. The van der Waals surface area contributed by atoms with Gasteiger partial charge in [-0.1, -0.05) is 143 Å². The zero-order chi connectivity index (χ0) is 50.7. The van der Waals surface area contributed by atoms with Crippen LogP contribution in [0, 0.1) is 11.8 Å². The Balaban J connectivity index is 2.94. The number of rotatable bonds is 49. The van der Waals surface area contributed by atoms with Gasteiger partial charge in [0.1, 0.15) is 11.4 Å². The number of nitrogens with one attached hydrogen (secondary N) is 1. The van der Waals surface area contributed by atoms with E-state index < -0.39 is 10.9 Å². The van der Waals surface area contributed by atoms with E-state index >= 15 is 0 Å². The minimum Gasteiger partial charge on any atom is -0.465 e. The van der Waals surface area contributed by atoms with Gasteiger partial charge in [-0.05, 0) is 84.3 Å². The molecule has 0 aromatic heterocycles. The Morgan fingerprint density at radius 2 is 0.768 bits per heavy atom. The first kappa shape index (κ1) is 63.5. The normalized spacial score (nSPS) is 11.5. The highest BCUT2D eigenvalue weighted by atomic mass is 16.6. The van der Waals surface area contributed by atoms with Gasteiger partial charge in [0, 0.05) is 57.7 Å². The summed E-state index contributed by atoms with van der Waals surface area (Å²) in [5.41, 5.74) is -0.0495. The molecule has 1 aromatic carbocycles. The third-order valence-electron chi connectivity index (χ3n) is 13.2. The largest absolute Gasteiger partial charge is 0.465 e. The fourth-order valence-corrected chi connectivity index (χ4v) is 8.51. The van der Waals surface area contributed by atoms with Crippen molar-refractivity contribution in [2.24, 2.45) is 11.8 Å². The first-order chi connectivity index (χ1) is 33.5. The van der Waals surface area contributed by atoms with Crippen molar-refractivity contribution in [2.45, 2.75) is 234 Å². The van der Waals surface area contributed by atoms with E-state index in [4.69, 9.17) is 18.9 Å². The van der Waals surface area contributed by atoms with E-state index in [9.17, 15) is 28.8 Å². The third kappa shape index (κ3) is 32.9. The Kier molecular flexibility index (Phi) is 39.9. The third-order valence-corrected chi connectivity index (χ3v) is 13.2. The minimum absolute atomic E-state index is 0.0792. The van der Waals surface area contributed by atoms with Crippen LogP contribution in [0.2, 0.25) is 0 Å². The molecule has 0 aliphatic rings. The summed E-state index contributed by atoms with van der Waals surface area (Å²) in [6, 6.07) is 0. The molecule has 0 heterocycles. The summed E-state index contributed by atoms with van der Waals surface area (Å²) in [7, 11) is 1.82. The van der Waals surface area contributed by atoms with Gasteiger partial charge in [0.05, 0.1) is 26.4 Å². The predicted molar refractivity (Wildman–Crippen MR) is 282 cm³/mol. The van der Waals surface area contributed by atoms with Crippen LogP contribution in [0.15, 0.2) is 9.59 Å². The Hall–Kier alpha value is -3.48. The molecule has 0 aliphatic carbocycles. The Bertz CT molecular complexity index is 1400. The van der Waals surface area contributed by atoms with Crippen LogP contribution < -0.4 is 21.1 Å². The predicted octanol–water partition coefficient (Wildman–Crippen LogP) is 12.0. The molecule has 0 unspecified atom stereocenters. The molecule has 1 rings (SSSR count). The topological polar surface area (TPSA) is 158 Å². The maximum absolute atomic E-state index is 12.7. The van der Waals surface area contributed by atoms with Crippen molar-refractivity contribution in [2.75, 3.05) is 76.4 Å². The molecule has 1 aromatic rings. The van der Waals surface area contributed by atoms with Crippen molar-refractivity contribution in [1.29, 1.82) is 0 Å². The van der Waals surface area contributed by atoms with Crippen molar-refractivity contribution >= 4 is 35.3 Å². The Morgan fingerprint density at radius 1 is 0.435 bits per heavy atom. The second-order valence-electron chi connectivity index (χ2n) is 19.6. The van der Waals surface area contributed by atoms with Gasteiger partial charge in [-0.15, -0.1) is 0 Å². The summed E-state index contributed by atoms with van der Waals surface area (Å²) in [5.74, 6) is -0.918. The van der Waals surface area contributed by atoms with E-state index in [0.717, 1.165) is 167 Å². The molecule has 0 saturated heterocycles. The van der Waals surface area contributed by atoms with E-state index in [1.807, 2.05) is 14.0 Å². The quantitative estimate of drug-likeness (QED) is 0.0285. The minimum atomic E-state index is -0.461. The van der Waals surface area contributed by atoms with Gasteiger partial charge in [-0.3, -0.25) is 28.8 Å². The lowest BCUT2D eigenvalue weighted by molar-refractivity contribution is -0.151. The molecule has 69 heavy (non-hydrogen) atoms. The van der Waals surface area contributed by atoms with Crippen LogP contribution in [-0.2, 0) is 38.1 Å². The monoisotopic (exact) mass is 976 g/mol. The molecule has 0 aliphatic heterocycles. The lowest BCUT2D eigenvalue weighted by Gasteiger charge is -2.25. The summed E-state index contributed by atoms with van der Waals surface area (Å²) in [4.78, 5) is 79.6. The second-order valence-corrected chi connectivity index (χ2v) is 19.6. The molecular formula is C56H101N3O10. The highest BCUT2D eigenvalue weighted by molar-refractivity contribution is 5.75. The molecule has 13 heteroatoms. The van der Waals surface area contributed by atoms with Crippen LogP contribution in [-0.4, -0.2) is 95.0 Å². The first-order valence-corrected chi connectivity index (χ1v) is 28.1. The molecular weight excluding hydrogens is 875 g/mol. The van der Waals surface area contributed by atoms with Gasteiger partial charge in [0.15, 0.2) is 0 Å². The number of ether oxygens (including phenoxy) is 4. The Morgan fingerprint density at radius 3 is 1.10 bits per heavy atom. The molecule has 0 fully saturated rings. The van der Waals surface area contributed by atoms with E-state index in [1.54, 1.807) is 4.90 Å². The van der Waals surface area contributed by atoms with Gasteiger partial charge in [0.2, 0.25) is 0 Å². The van der Waals surface area contributed by atoms with E-state index in [-0.39, 0.29) is 62.1 Å². The van der Waals surface area contributed by atoms with Gasteiger partial charge in [-0.25, -0.2) is 0 Å². The maximum atomic E-state index is 12.7. The molecule has 0 atom stereocenters. The highest BCUT2D eigenvalue weighted by Gasteiger charge is 2.23. The number of anilines is 2. The zero-order valence-corrected chi connectivity index (χ0v) is 44.9. The summed E-state index contributed by atoms with van der Waals surface area (Å²) < 4.78 is 23.0. The number of esters is 4. The second kappa shape index (κ2) is 43.3. The van der Waals surface area contributed by atoms with E-state index in [1.165, 1.54) is 25.7 Å². The average Bonchev–Trinajstić information content (AvgIpc) is 3.34. The highest BCUT2D eigenvalue weighted by Crippen LogP contribution is 2.20. The van der Waals surface area contributed by atoms with Crippen molar-refractivity contribution in [3.05, 3.63) is 20.4 Å². The standard InChI is InChI=1S/C56H101N3O10/c1-7-12-16-20-24-35-49(60)66-43-47(44-67-50(61)36-25-21-17-13-8-2)33-28-30-40-59(42-32-39-57-53-54(58(6)11-5)56(65)55(53)64)41-31-29-34-48(45-68-51(62)37-26-22-18-14-9-3)46-69-52(63)38-27-23-19-15-10-4/h47-48,57H,7-46H2,1-6H3. The SMILES string of the molecule is CCCCCCCC(=O)OCC(CCCCN(CCCCC(COC(=O)CCCCCCC)COC(=O)CCCCCCC)CCCNc1c(N(C)CC)c(=O)c1=O)COC(=O)CCCCCCC. The number of nitrogens with zero attached hydrogens (tertiary/aromatic N) is 2. The van der Waals surface area contributed by atoms with Crippen LogP contribution >= 0.6 is 0 Å². The molecule has 0 saturated carbocycles. The van der Waals surface area contributed by atoms with Gasteiger partial charge < -0.3 is 34.1 Å². The summed E-state index contributed by atoms with van der Waals surface area (Å²) in [6.45, 7) is 15.2. The molecule has 0 radical (unpaired) electrons. The number of carbonyl (C=O) groups is 4. The molecule has 1 N–H and O–H groups in total. The summed E-state index contributed by atoms with van der Waals surface area (Å²) >= 11 is 0. The van der Waals surface area contributed by atoms with Crippen molar-refractivity contribution in [3.63, 3.8) is 0 Å². The lowest BCUT2D eigenvalue weighted by atomic mass is 10.0. The van der Waals surface area contributed by atoms with Crippen LogP contribution in [0.5, 0.6) is 0 Å². The van der Waals surface area contributed by atoms with Crippen LogP contribution in [0.25, 0.3) is 0 Å². The maximum Gasteiger partial charge on any atom is 0.305 e. The number of unbranched alkanes of at least 4 members (excludes halogenated alkanes) is 18. The molecule has 0 spiro atoms. The van der Waals surface area contributed by atoms with Crippen LogP contribution in [0.1, 0.15) is 234 Å². The molecule has 13 nitrogen and oxygen atoms in total. The van der Waals surface area contributed by atoms with E-state index in [2.05, 4.69) is 37.9 Å². The molecule has 0 amide bonds. The summed E-state index contributed by atoms with van der Waals surface area (Å²) in [6.07, 6.45) is 28.6. The number of hydrogen-bond acceptors (Lipinski definition) is 13. The number of hydrogen-bond donors (Lipinski definition) is 1. The van der Waals surface area contributed by atoms with Gasteiger partial charge >= 0.3 is 23.9 Å². The summed E-state index contributed by atoms with van der Waals surface area (Å²) in [5, 5.41) is 3.24. The Labute approximate surface area is 419 Å². The van der Waals surface area contributed by atoms with Crippen LogP contribution in [0.3, 0.4) is 0 Å². The number of carbonyl (C=O) groups excluding carboxylic acids is 4. The lowest BCUT2D eigenvalue weighted by Crippen LogP contribution is -2.41. The van der Waals surface area contributed by atoms with Crippen LogP contribution in [0.4, 0.5) is 11.4 Å². The first-order valence-electron chi connectivity index (χ1n) is 28.1. The fourth-order valence-electron chi connectivity index (χ4n) is 8.51. The van der Waals surface area contributed by atoms with Gasteiger partial charge in [0.25, 0.3) is 10.9 Å². The average molecular weight is 976 g/mol. The van der Waals surface area contributed by atoms with Crippen molar-refractivity contribution in [3.8, 4) is 0 Å². The van der Waals surface area contributed by atoms with Gasteiger partial charge in [-0.2, -0.15) is 0 Å². The fraction of sp³-hybridized carbons (Fsp3) is 0.857. The molecule has 400 valence electrons. The van der Waals surface area contributed by atoms with E-state index in [0.29, 0.717) is 50.1 Å². The van der Waals surface area contributed by atoms with Crippen molar-refractivity contribution in [1.82, 2.24) is 4.90 Å². The zero-order valence-electron chi connectivity index (χ0n) is 44.9. The smallest absolute Gasteiger partial charge is 0.305 e.